The van der Waals surface area contributed by atoms with E-state index in [1.807, 2.05) is 24.3 Å². The van der Waals surface area contributed by atoms with Crippen LogP contribution in [0.1, 0.15) is 41.0 Å². The van der Waals surface area contributed by atoms with Crippen molar-refractivity contribution in [2.45, 2.75) is 47.6 Å². The Kier molecular flexibility index (Phi) is 8.05. The summed E-state index contributed by atoms with van der Waals surface area (Å²) in [7, 11) is 0. The van der Waals surface area contributed by atoms with E-state index in [4.69, 9.17) is 10.5 Å². The molecular formula is C26H27N3O3S2. The van der Waals surface area contributed by atoms with E-state index in [0.717, 1.165) is 16.9 Å². The van der Waals surface area contributed by atoms with Crippen LogP contribution in [0.25, 0.3) is 0 Å². The lowest BCUT2D eigenvalue weighted by Crippen LogP contribution is -2.21. The Hall–Kier alpha value is -3.07. The Morgan fingerprint density at radius 1 is 1.18 bits per heavy atom. The molecule has 0 bridgehead atoms. The molecule has 1 amide bonds. The summed E-state index contributed by atoms with van der Waals surface area (Å²) in [5, 5.41) is 12.4. The minimum atomic E-state index is -0.617. The Labute approximate surface area is 207 Å². The molecule has 0 saturated carbocycles. The maximum Gasteiger partial charge on any atom is 0.268 e. The number of para-hydroxylation sites is 1. The fourth-order valence-corrected chi connectivity index (χ4v) is 5.44. The highest BCUT2D eigenvalue weighted by Crippen LogP contribution is 2.31. The quantitative estimate of drug-likeness (QED) is 0.295. The number of amides is 1. The number of nitrogens with two attached hydrogens (primary N) is 1. The zero-order valence-corrected chi connectivity index (χ0v) is 20.5. The molecule has 0 unspecified atom stereocenters. The highest BCUT2D eigenvalue weighted by molar-refractivity contribution is 8.01. The Balaban J connectivity index is 1.37. The molecular weight excluding hydrogens is 466 g/mol. The molecule has 2 atom stereocenters. The number of thiophene rings is 1. The minimum absolute atomic E-state index is 0.189. The number of nitrogens with zero attached hydrogens (tertiary/aromatic N) is 2. The number of carbonyl (C=O) groups excluding carboxylic acids is 1. The number of hydrogen-bond donors (Lipinski definition) is 2. The van der Waals surface area contributed by atoms with Crippen molar-refractivity contribution in [1.82, 2.24) is 9.55 Å². The summed E-state index contributed by atoms with van der Waals surface area (Å²) < 4.78 is 9.18. The SMILES string of the molecule is C[C@H](O)[C@@H](CCc1ccccc1OCc1ccc(Sc2cccs2)cc1)n1cnc(C(N)=O)c1. The van der Waals surface area contributed by atoms with Gasteiger partial charge in [-0.1, -0.05) is 48.2 Å². The fraction of sp³-hybridized carbons (Fsp3) is 0.231. The molecule has 34 heavy (non-hydrogen) atoms. The molecule has 0 radical (unpaired) electrons. The van der Waals surface area contributed by atoms with Crippen molar-refractivity contribution < 1.29 is 14.6 Å². The standard InChI is InChI=1S/C26H27N3O3S2/c1-18(30)23(29-15-22(26(27)31)28-17-29)13-10-20-5-2-3-6-24(20)32-16-19-8-11-21(12-9-19)34-25-7-4-14-33-25/h2-9,11-12,14-15,17-18,23,30H,10,13,16H2,1H3,(H2,27,31)/t18-,23+/m0/s1. The van der Waals surface area contributed by atoms with Crippen LogP contribution in [0.15, 0.2) is 87.7 Å². The molecule has 2 heterocycles. The first-order valence-corrected chi connectivity index (χ1v) is 12.7. The van der Waals surface area contributed by atoms with E-state index >= 15 is 0 Å². The van der Waals surface area contributed by atoms with Crippen molar-refractivity contribution in [1.29, 1.82) is 0 Å². The number of aromatic nitrogens is 2. The number of carbonyl (C=O) groups is 1. The third kappa shape index (κ3) is 6.28. The molecule has 176 valence electrons. The van der Waals surface area contributed by atoms with Gasteiger partial charge < -0.3 is 20.1 Å². The normalized spacial score (nSPS) is 12.9. The highest BCUT2D eigenvalue weighted by atomic mass is 32.2. The lowest BCUT2D eigenvalue weighted by Gasteiger charge is -2.22. The van der Waals surface area contributed by atoms with Crippen molar-refractivity contribution in [3.63, 3.8) is 0 Å². The summed E-state index contributed by atoms with van der Waals surface area (Å²) in [6, 6.07) is 20.3. The molecule has 0 aliphatic rings. The van der Waals surface area contributed by atoms with Crippen molar-refractivity contribution in [2.24, 2.45) is 5.73 Å². The number of primary amides is 1. The smallest absolute Gasteiger partial charge is 0.268 e. The van der Waals surface area contributed by atoms with Gasteiger partial charge in [0, 0.05) is 11.1 Å². The third-order valence-corrected chi connectivity index (χ3v) is 7.55. The molecule has 8 heteroatoms. The summed E-state index contributed by atoms with van der Waals surface area (Å²) in [5.41, 5.74) is 7.67. The Morgan fingerprint density at radius 3 is 2.65 bits per heavy atom. The van der Waals surface area contributed by atoms with E-state index in [9.17, 15) is 9.90 Å². The molecule has 0 aliphatic heterocycles. The van der Waals surface area contributed by atoms with Crippen LogP contribution in [0.5, 0.6) is 5.75 Å². The van der Waals surface area contributed by atoms with Gasteiger partial charge >= 0.3 is 0 Å². The van der Waals surface area contributed by atoms with Crippen molar-refractivity contribution in [3.8, 4) is 5.75 Å². The van der Waals surface area contributed by atoms with Crippen molar-refractivity contribution >= 4 is 29.0 Å². The lowest BCUT2D eigenvalue weighted by atomic mass is 10.0. The lowest BCUT2D eigenvalue weighted by molar-refractivity contribution is 0.0994. The van der Waals surface area contributed by atoms with Crippen LogP contribution in [0.4, 0.5) is 0 Å². The van der Waals surface area contributed by atoms with Gasteiger partial charge in [-0.05, 0) is 60.5 Å². The molecule has 4 aromatic rings. The number of aryl methyl sites for hydroxylation is 1. The van der Waals surface area contributed by atoms with Crippen LogP contribution in [-0.4, -0.2) is 26.7 Å². The van der Waals surface area contributed by atoms with Crippen LogP contribution in [0, 0.1) is 0 Å². The molecule has 0 fully saturated rings. The molecule has 2 aromatic carbocycles. The van der Waals surface area contributed by atoms with Gasteiger partial charge in [0.15, 0.2) is 0 Å². The molecule has 6 nitrogen and oxygen atoms in total. The fourth-order valence-electron chi connectivity index (χ4n) is 3.69. The molecule has 2 aromatic heterocycles. The number of rotatable bonds is 11. The molecule has 0 saturated heterocycles. The van der Waals surface area contributed by atoms with Crippen LogP contribution in [0.3, 0.4) is 0 Å². The third-order valence-electron chi connectivity index (χ3n) is 5.51. The predicted octanol–water partition coefficient (Wildman–Crippen LogP) is 5.33. The van der Waals surface area contributed by atoms with Gasteiger partial charge in [0.05, 0.1) is 22.7 Å². The van der Waals surface area contributed by atoms with E-state index < -0.39 is 12.0 Å². The summed E-state index contributed by atoms with van der Waals surface area (Å²) in [6.45, 7) is 2.21. The van der Waals surface area contributed by atoms with Gasteiger partial charge in [0.1, 0.15) is 18.1 Å². The minimum Gasteiger partial charge on any atom is -0.489 e. The van der Waals surface area contributed by atoms with Gasteiger partial charge in [-0.15, -0.1) is 11.3 Å². The van der Waals surface area contributed by atoms with Gasteiger partial charge in [0.2, 0.25) is 0 Å². The summed E-state index contributed by atoms with van der Waals surface area (Å²) in [4.78, 5) is 16.6. The van der Waals surface area contributed by atoms with E-state index in [-0.39, 0.29) is 11.7 Å². The number of hydrogen-bond acceptors (Lipinski definition) is 6. The maximum atomic E-state index is 11.4. The molecule has 0 aliphatic carbocycles. The second-order valence-corrected chi connectivity index (χ2v) is 10.3. The van der Waals surface area contributed by atoms with Gasteiger partial charge in [-0.2, -0.15) is 0 Å². The molecule has 4 rings (SSSR count). The number of aliphatic hydroxyl groups excluding tert-OH is 1. The van der Waals surface area contributed by atoms with Crippen LogP contribution < -0.4 is 10.5 Å². The zero-order valence-electron chi connectivity index (χ0n) is 18.8. The number of aliphatic hydroxyl groups is 1. The predicted molar refractivity (Wildman–Crippen MR) is 135 cm³/mol. The van der Waals surface area contributed by atoms with Gasteiger partial charge in [0.25, 0.3) is 5.91 Å². The van der Waals surface area contributed by atoms with E-state index in [1.165, 1.54) is 9.10 Å². The average molecular weight is 494 g/mol. The van der Waals surface area contributed by atoms with Gasteiger partial charge in [-0.25, -0.2) is 4.98 Å². The highest BCUT2D eigenvalue weighted by Gasteiger charge is 2.19. The second-order valence-electron chi connectivity index (χ2n) is 7.99. The molecule has 0 spiro atoms. The van der Waals surface area contributed by atoms with Crippen molar-refractivity contribution in [3.05, 3.63) is 95.4 Å². The Bertz CT molecular complexity index is 1200. The first-order chi connectivity index (χ1) is 16.5. The van der Waals surface area contributed by atoms with E-state index in [1.54, 1.807) is 47.1 Å². The monoisotopic (exact) mass is 493 g/mol. The van der Waals surface area contributed by atoms with Crippen LogP contribution in [-0.2, 0) is 13.0 Å². The number of benzene rings is 2. The van der Waals surface area contributed by atoms with Gasteiger partial charge in [-0.3, -0.25) is 4.79 Å². The first kappa shape index (κ1) is 24.1. The largest absolute Gasteiger partial charge is 0.489 e. The Morgan fingerprint density at radius 2 is 1.97 bits per heavy atom. The second kappa shape index (κ2) is 11.4. The number of ether oxygens (including phenoxy) is 1. The topological polar surface area (TPSA) is 90.4 Å². The van der Waals surface area contributed by atoms with Crippen LogP contribution in [0.2, 0.25) is 0 Å². The van der Waals surface area contributed by atoms with Crippen molar-refractivity contribution in [2.75, 3.05) is 0 Å². The first-order valence-electron chi connectivity index (χ1n) is 11.0. The van der Waals surface area contributed by atoms with Crippen LogP contribution >= 0.6 is 23.1 Å². The maximum absolute atomic E-state index is 11.4. The average Bonchev–Trinajstić information content (AvgIpc) is 3.52. The van der Waals surface area contributed by atoms with E-state index in [2.05, 4.69) is 46.8 Å². The summed E-state index contributed by atoms with van der Waals surface area (Å²) >= 11 is 3.50. The number of imidazole rings is 1. The summed E-state index contributed by atoms with van der Waals surface area (Å²) in [5.74, 6) is 0.243. The zero-order chi connectivity index (χ0) is 23.9. The summed E-state index contributed by atoms with van der Waals surface area (Å²) in [6.07, 6.45) is 3.87. The van der Waals surface area contributed by atoms with E-state index in [0.29, 0.717) is 19.4 Å². The molecule has 3 N–H and O–H groups in total.